The maximum Gasteiger partial charge on any atom is 0.143 e. The summed E-state index contributed by atoms with van der Waals surface area (Å²) in [6.45, 7) is 5.24. The number of nitrogens with zero attached hydrogens (tertiary/aromatic N) is 1. The highest BCUT2D eigenvalue weighted by Crippen LogP contribution is 2.38. The molecule has 20 heavy (non-hydrogen) atoms. The van der Waals surface area contributed by atoms with Crippen LogP contribution in [0.5, 0.6) is 11.5 Å². The molecule has 1 aromatic rings. The highest BCUT2D eigenvalue weighted by molar-refractivity contribution is 6.32. The molecule has 2 rings (SSSR count). The van der Waals surface area contributed by atoms with Gasteiger partial charge in [-0.3, -0.25) is 0 Å². The number of nitrogens with one attached hydrogen (secondary N) is 1. The SMILES string of the molecule is CCC1CN(c2cc(OC)c(Cl)cc2OC)CCCN1. The van der Waals surface area contributed by atoms with Crippen LogP contribution in [0.15, 0.2) is 12.1 Å². The Hall–Kier alpha value is -1.13. The van der Waals surface area contributed by atoms with Gasteiger partial charge in [-0.1, -0.05) is 18.5 Å². The van der Waals surface area contributed by atoms with Crippen LogP contribution in [0.1, 0.15) is 19.8 Å². The summed E-state index contributed by atoms with van der Waals surface area (Å²) in [4.78, 5) is 2.35. The highest BCUT2D eigenvalue weighted by Gasteiger charge is 2.21. The Balaban J connectivity index is 2.33. The second-order valence-corrected chi connectivity index (χ2v) is 5.42. The van der Waals surface area contributed by atoms with Gasteiger partial charge in [-0.2, -0.15) is 0 Å². The normalized spacial score (nSPS) is 19.6. The van der Waals surface area contributed by atoms with Gasteiger partial charge in [0.05, 0.1) is 24.9 Å². The maximum atomic E-state index is 6.17. The smallest absolute Gasteiger partial charge is 0.143 e. The Labute approximate surface area is 126 Å². The van der Waals surface area contributed by atoms with Gasteiger partial charge < -0.3 is 19.7 Å². The van der Waals surface area contributed by atoms with Crippen LogP contribution in [0.2, 0.25) is 5.02 Å². The first-order valence-corrected chi connectivity index (χ1v) is 7.47. The van der Waals surface area contributed by atoms with E-state index in [1.165, 1.54) is 0 Å². The second-order valence-electron chi connectivity index (χ2n) is 5.02. The minimum atomic E-state index is 0.504. The molecule has 1 N–H and O–H groups in total. The fourth-order valence-electron chi connectivity index (χ4n) is 2.58. The molecule has 1 atom stereocenters. The van der Waals surface area contributed by atoms with Crippen molar-refractivity contribution in [3.05, 3.63) is 17.2 Å². The predicted octanol–water partition coefficient (Wildman–Crippen LogP) is 2.94. The molecule has 112 valence electrons. The van der Waals surface area contributed by atoms with Gasteiger partial charge in [-0.05, 0) is 19.4 Å². The number of benzene rings is 1. The summed E-state index contributed by atoms with van der Waals surface area (Å²) in [6.07, 6.45) is 2.23. The molecule has 1 fully saturated rings. The van der Waals surface area contributed by atoms with Gasteiger partial charge in [0.15, 0.2) is 0 Å². The van der Waals surface area contributed by atoms with Crippen LogP contribution in [-0.2, 0) is 0 Å². The Morgan fingerprint density at radius 1 is 1.30 bits per heavy atom. The van der Waals surface area contributed by atoms with Crippen LogP contribution in [0.3, 0.4) is 0 Å². The summed E-state index contributed by atoms with van der Waals surface area (Å²) in [6, 6.07) is 4.30. The zero-order valence-corrected chi connectivity index (χ0v) is 13.2. The van der Waals surface area contributed by atoms with Crippen LogP contribution < -0.4 is 19.7 Å². The van der Waals surface area contributed by atoms with E-state index in [2.05, 4.69) is 17.1 Å². The van der Waals surface area contributed by atoms with E-state index >= 15 is 0 Å². The zero-order chi connectivity index (χ0) is 14.5. The maximum absolute atomic E-state index is 6.17. The summed E-state index contributed by atoms with van der Waals surface area (Å²) in [5, 5.41) is 4.15. The largest absolute Gasteiger partial charge is 0.495 e. The first-order valence-electron chi connectivity index (χ1n) is 7.09. The van der Waals surface area contributed by atoms with Crippen LogP contribution in [0.4, 0.5) is 5.69 Å². The predicted molar refractivity (Wildman–Crippen MR) is 83.5 cm³/mol. The van der Waals surface area contributed by atoms with E-state index in [1.54, 1.807) is 14.2 Å². The van der Waals surface area contributed by atoms with Crippen molar-refractivity contribution in [3.8, 4) is 11.5 Å². The van der Waals surface area contributed by atoms with Crippen molar-refractivity contribution >= 4 is 17.3 Å². The van der Waals surface area contributed by atoms with Crippen LogP contribution in [-0.4, -0.2) is 39.9 Å². The highest BCUT2D eigenvalue weighted by atomic mass is 35.5. The Morgan fingerprint density at radius 2 is 2.05 bits per heavy atom. The lowest BCUT2D eigenvalue weighted by Gasteiger charge is -2.28. The molecular formula is C15H23ClN2O2. The number of hydrogen-bond donors (Lipinski definition) is 1. The Bertz CT molecular complexity index is 454. The topological polar surface area (TPSA) is 33.7 Å². The molecule has 1 saturated heterocycles. The molecule has 0 saturated carbocycles. The van der Waals surface area contributed by atoms with Gasteiger partial charge >= 0.3 is 0 Å². The molecule has 1 unspecified atom stereocenters. The number of anilines is 1. The van der Waals surface area contributed by atoms with Crippen molar-refractivity contribution in [2.24, 2.45) is 0 Å². The average molecular weight is 299 g/mol. The molecule has 1 aromatic carbocycles. The van der Waals surface area contributed by atoms with Gasteiger partial charge in [0.25, 0.3) is 0 Å². The van der Waals surface area contributed by atoms with Gasteiger partial charge in [0.1, 0.15) is 11.5 Å². The van der Waals surface area contributed by atoms with Gasteiger partial charge in [0.2, 0.25) is 0 Å². The summed E-state index contributed by atoms with van der Waals surface area (Å²) in [5.74, 6) is 1.49. The molecule has 0 radical (unpaired) electrons. The monoisotopic (exact) mass is 298 g/mol. The lowest BCUT2D eigenvalue weighted by Crippen LogP contribution is -2.37. The number of hydrogen-bond acceptors (Lipinski definition) is 4. The molecular weight excluding hydrogens is 276 g/mol. The van der Waals surface area contributed by atoms with Crippen molar-refractivity contribution < 1.29 is 9.47 Å². The van der Waals surface area contributed by atoms with Gasteiger partial charge in [0, 0.05) is 31.3 Å². The van der Waals surface area contributed by atoms with Crippen molar-refractivity contribution in [2.75, 3.05) is 38.8 Å². The van der Waals surface area contributed by atoms with E-state index in [0.29, 0.717) is 16.8 Å². The molecule has 4 nitrogen and oxygen atoms in total. The summed E-state index contributed by atoms with van der Waals surface area (Å²) in [7, 11) is 3.31. The second kappa shape index (κ2) is 7.04. The van der Waals surface area contributed by atoms with Crippen molar-refractivity contribution in [3.63, 3.8) is 0 Å². The van der Waals surface area contributed by atoms with Crippen LogP contribution in [0, 0.1) is 0 Å². The average Bonchev–Trinajstić information content (AvgIpc) is 2.72. The third-order valence-electron chi connectivity index (χ3n) is 3.77. The van der Waals surface area contributed by atoms with Gasteiger partial charge in [-0.25, -0.2) is 0 Å². The van der Waals surface area contributed by atoms with E-state index in [9.17, 15) is 0 Å². The molecule has 5 heteroatoms. The number of halogens is 1. The van der Waals surface area contributed by atoms with Gasteiger partial charge in [-0.15, -0.1) is 0 Å². The third-order valence-corrected chi connectivity index (χ3v) is 4.06. The number of ether oxygens (including phenoxy) is 2. The van der Waals surface area contributed by atoms with E-state index in [-0.39, 0.29) is 0 Å². The van der Waals surface area contributed by atoms with Crippen molar-refractivity contribution in [2.45, 2.75) is 25.8 Å². The van der Waals surface area contributed by atoms with E-state index < -0.39 is 0 Å². The lowest BCUT2D eigenvalue weighted by atomic mass is 10.2. The minimum Gasteiger partial charge on any atom is -0.495 e. The summed E-state index contributed by atoms with van der Waals surface area (Å²) < 4.78 is 10.8. The fourth-order valence-corrected chi connectivity index (χ4v) is 2.81. The molecule has 1 aliphatic heterocycles. The molecule has 0 spiro atoms. The minimum absolute atomic E-state index is 0.504. The lowest BCUT2D eigenvalue weighted by molar-refractivity contribution is 0.402. The van der Waals surface area contributed by atoms with Crippen molar-refractivity contribution in [1.82, 2.24) is 5.32 Å². The zero-order valence-electron chi connectivity index (χ0n) is 12.4. The Morgan fingerprint density at radius 3 is 2.70 bits per heavy atom. The molecule has 0 aliphatic carbocycles. The number of rotatable bonds is 4. The van der Waals surface area contributed by atoms with Crippen LogP contribution in [0.25, 0.3) is 0 Å². The number of methoxy groups -OCH3 is 2. The quantitative estimate of drug-likeness (QED) is 0.927. The molecule has 0 aromatic heterocycles. The standard InChI is InChI=1S/C15H23ClN2O2/c1-4-11-10-18(7-5-6-17-11)13-9-14(19-2)12(16)8-15(13)20-3/h8-9,11,17H,4-7,10H2,1-3H3. The molecule has 0 amide bonds. The van der Waals surface area contributed by atoms with E-state index in [1.807, 2.05) is 12.1 Å². The molecule has 1 heterocycles. The molecule has 0 bridgehead atoms. The van der Waals surface area contributed by atoms with Crippen molar-refractivity contribution in [1.29, 1.82) is 0 Å². The van der Waals surface area contributed by atoms with Crippen LogP contribution >= 0.6 is 11.6 Å². The van der Waals surface area contributed by atoms with E-state index in [4.69, 9.17) is 21.1 Å². The first kappa shape index (κ1) is 15.3. The summed E-state index contributed by atoms with van der Waals surface area (Å²) in [5.41, 5.74) is 1.05. The Kier molecular flexibility index (Phi) is 5.38. The third kappa shape index (κ3) is 3.30. The first-order chi connectivity index (χ1) is 9.69. The summed E-state index contributed by atoms with van der Waals surface area (Å²) >= 11 is 6.17. The fraction of sp³-hybridized carbons (Fsp3) is 0.600. The molecule has 1 aliphatic rings. The van der Waals surface area contributed by atoms with E-state index in [0.717, 1.165) is 43.9 Å².